The smallest absolute Gasteiger partial charge is 0.185 e. The Morgan fingerprint density at radius 3 is 2.16 bits per heavy atom. The van der Waals surface area contributed by atoms with Crippen LogP contribution in [0.2, 0.25) is 0 Å². The summed E-state index contributed by atoms with van der Waals surface area (Å²) in [5, 5.41) is 9.83. The molecule has 2 aromatic carbocycles. The first kappa shape index (κ1) is 14.9. The fourth-order valence-corrected chi connectivity index (χ4v) is 1.50. The lowest BCUT2D eigenvalue weighted by Gasteiger charge is -2.07. The van der Waals surface area contributed by atoms with Crippen LogP contribution in [-0.4, -0.2) is 5.96 Å². The van der Waals surface area contributed by atoms with E-state index in [-0.39, 0.29) is 18.4 Å². The molecule has 0 aromatic heterocycles. The minimum absolute atomic E-state index is 0. The fraction of sp³-hybridized carbons (Fsp3) is 0.0714. The summed E-state index contributed by atoms with van der Waals surface area (Å²) in [4.78, 5) is 0. The second-order valence-corrected chi connectivity index (χ2v) is 3.83. The Labute approximate surface area is 118 Å². The van der Waals surface area contributed by atoms with Gasteiger partial charge in [-0.1, -0.05) is 30.3 Å². The van der Waals surface area contributed by atoms with Gasteiger partial charge in [-0.15, -0.1) is 12.4 Å². The normalized spacial score (nSPS) is 9.26. The molecule has 2 rings (SSSR count). The summed E-state index contributed by atoms with van der Waals surface area (Å²) < 4.78 is 5.67. The summed E-state index contributed by atoms with van der Waals surface area (Å²) in [5.41, 5.74) is 6.27. The van der Waals surface area contributed by atoms with E-state index in [1.807, 2.05) is 54.6 Å². The van der Waals surface area contributed by atoms with Crippen LogP contribution >= 0.6 is 12.4 Å². The van der Waals surface area contributed by atoms with Crippen molar-refractivity contribution in [2.24, 2.45) is 5.73 Å². The van der Waals surface area contributed by atoms with Gasteiger partial charge in [0.25, 0.3) is 0 Å². The number of nitrogens with one attached hydrogen (secondary N) is 2. The average molecular weight is 278 g/mol. The van der Waals surface area contributed by atoms with Gasteiger partial charge < -0.3 is 15.8 Å². The molecule has 0 radical (unpaired) electrons. The zero-order valence-electron chi connectivity index (χ0n) is 10.3. The van der Waals surface area contributed by atoms with E-state index >= 15 is 0 Å². The monoisotopic (exact) mass is 277 g/mol. The van der Waals surface area contributed by atoms with Gasteiger partial charge in [0.2, 0.25) is 0 Å². The molecule has 0 unspecified atom stereocenters. The SMILES string of the molecule is Cl.N=C(N)NCc1ccc(Oc2ccccc2)cc1. The molecule has 0 saturated carbocycles. The first-order valence-electron chi connectivity index (χ1n) is 5.64. The second kappa shape index (κ2) is 7.28. The fourth-order valence-electron chi connectivity index (χ4n) is 1.50. The molecule has 0 fully saturated rings. The summed E-state index contributed by atoms with van der Waals surface area (Å²) in [6.45, 7) is 0.543. The van der Waals surface area contributed by atoms with Gasteiger partial charge in [0.05, 0.1) is 0 Å². The van der Waals surface area contributed by atoms with Crippen molar-refractivity contribution in [1.82, 2.24) is 5.32 Å². The summed E-state index contributed by atoms with van der Waals surface area (Å²) in [6.07, 6.45) is 0. The number of benzene rings is 2. The topological polar surface area (TPSA) is 71.1 Å². The van der Waals surface area contributed by atoms with Crippen molar-refractivity contribution in [3.8, 4) is 11.5 Å². The molecule has 5 heteroatoms. The Balaban J connectivity index is 0.00000180. The highest BCUT2D eigenvalue weighted by atomic mass is 35.5. The number of hydrogen-bond donors (Lipinski definition) is 3. The van der Waals surface area contributed by atoms with E-state index in [0.717, 1.165) is 17.1 Å². The van der Waals surface area contributed by atoms with Crippen LogP contribution in [0.1, 0.15) is 5.56 Å². The molecule has 0 heterocycles. The molecule has 0 amide bonds. The number of para-hydroxylation sites is 1. The lowest BCUT2D eigenvalue weighted by molar-refractivity contribution is 0.482. The van der Waals surface area contributed by atoms with Crippen molar-refractivity contribution in [2.45, 2.75) is 6.54 Å². The molecule has 100 valence electrons. The van der Waals surface area contributed by atoms with E-state index in [1.165, 1.54) is 0 Å². The zero-order chi connectivity index (χ0) is 12.8. The molecule has 0 aliphatic heterocycles. The van der Waals surface area contributed by atoms with Crippen molar-refractivity contribution in [2.75, 3.05) is 0 Å². The van der Waals surface area contributed by atoms with E-state index in [2.05, 4.69) is 5.32 Å². The highest BCUT2D eigenvalue weighted by Gasteiger charge is 1.97. The predicted octanol–water partition coefficient (Wildman–Crippen LogP) is 2.88. The molecule has 0 aliphatic rings. The maximum absolute atomic E-state index is 7.08. The van der Waals surface area contributed by atoms with E-state index in [0.29, 0.717) is 6.54 Å². The van der Waals surface area contributed by atoms with Crippen LogP contribution < -0.4 is 15.8 Å². The maximum Gasteiger partial charge on any atom is 0.185 e. The third-order valence-corrected chi connectivity index (χ3v) is 2.39. The number of ether oxygens (including phenoxy) is 1. The van der Waals surface area contributed by atoms with Crippen molar-refractivity contribution < 1.29 is 4.74 Å². The van der Waals surface area contributed by atoms with Crippen LogP contribution in [0.4, 0.5) is 0 Å². The third-order valence-electron chi connectivity index (χ3n) is 2.39. The van der Waals surface area contributed by atoms with Gasteiger partial charge in [0.15, 0.2) is 5.96 Å². The summed E-state index contributed by atoms with van der Waals surface area (Å²) in [5.74, 6) is 1.57. The van der Waals surface area contributed by atoms with Crippen molar-refractivity contribution in [3.05, 3.63) is 60.2 Å². The minimum Gasteiger partial charge on any atom is -0.457 e. The zero-order valence-corrected chi connectivity index (χ0v) is 11.1. The molecule has 0 saturated heterocycles. The number of rotatable bonds is 4. The third kappa shape index (κ3) is 4.89. The summed E-state index contributed by atoms with van der Waals surface area (Å²) >= 11 is 0. The van der Waals surface area contributed by atoms with Gasteiger partial charge >= 0.3 is 0 Å². The Bertz CT molecular complexity index is 514. The van der Waals surface area contributed by atoms with Gasteiger partial charge in [0.1, 0.15) is 11.5 Å². The number of halogens is 1. The Kier molecular flexibility index (Phi) is 5.70. The van der Waals surface area contributed by atoms with Crippen molar-refractivity contribution in [3.63, 3.8) is 0 Å². The van der Waals surface area contributed by atoms with Crippen LogP contribution in [0.15, 0.2) is 54.6 Å². The van der Waals surface area contributed by atoms with Crippen LogP contribution in [0.25, 0.3) is 0 Å². The standard InChI is InChI=1S/C14H15N3O.ClH/c15-14(16)17-10-11-6-8-13(9-7-11)18-12-4-2-1-3-5-12;/h1-9H,10H2,(H4,15,16,17);1H. The highest BCUT2D eigenvalue weighted by molar-refractivity contribution is 5.85. The van der Waals surface area contributed by atoms with Crippen LogP contribution in [0.3, 0.4) is 0 Å². The predicted molar refractivity (Wildman–Crippen MR) is 79.0 cm³/mol. The molecule has 4 N–H and O–H groups in total. The molecule has 0 bridgehead atoms. The van der Waals surface area contributed by atoms with Gasteiger partial charge in [0, 0.05) is 6.54 Å². The first-order chi connectivity index (χ1) is 8.74. The number of nitrogens with two attached hydrogens (primary N) is 1. The van der Waals surface area contributed by atoms with Crippen LogP contribution in [0.5, 0.6) is 11.5 Å². The molecule has 0 aliphatic carbocycles. The van der Waals surface area contributed by atoms with Gasteiger partial charge in [-0.05, 0) is 29.8 Å². The second-order valence-electron chi connectivity index (χ2n) is 3.83. The number of hydrogen-bond acceptors (Lipinski definition) is 2. The van der Waals surface area contributed by atoms with Crippen molar-refractivity contribution >= 4 is 18.4 Å². The van der Waals surface area contributed by atoms with Gasteiger partial charge in [-0.3, -0.25) is 5.41 Å². The molecular weight excluding hydrogens is 262 g/mol. The first-order valence-corrected chi connectivity index (χ1v) is 5.64. The molecule has 0 atom stereocenters. The number of guanidine groups is 1. The van der Waals surface area contributed by atoms with E-state index in [1.54, 1.807) is 0 Å². The van der Waals surface area contributed by atoms with E-state index < -0.39 is 0 Å². The van der Waals surface area contributed by atoms with Gasteiger partial charge in [-0.2, -0.15) is 0 Å². The maximum atomic E-state index is 7.08. The molecule has 2 aromatic rings. The highest BCUT2D eigenvalue weighted by Crippen LogP contribution is 2.20. The Hall–Kier alpha value is -2.20. The average Bonchev–Trinajstić information content (AvgIpc) is 2.39. The lowest BCUT2D eigenvalue weighted by atomic mass is 10.2. The molecule has 4 nitrogen and oxygen atoms in total. The van der Waals surface area contributed by atoms with E-state index in [9.17, 15) is 0 Å². The van der Waals surface area contributed by atoms with Crippen molar-refractivity contribution in [1.29, 1.82) is 5.41 Å². The molecular formula is C14H16ClN3O. The largest absolute Gasteiger partial charge is 0.457 e. The summed E-state index contributed by atoms with van der Waals surface area (Å²) in [6, 6.07) is 17.3. The molecule has 19 heavy (non-hydrogen) atoms. The Morgan fingerprint density at radius 2 is 1.58 bits per heavy atom. The van der Waals surface area contributed by atoms with Crippen LogP contribution in [-0.2, 0) is 6.54 Å². The van der Waals surface area contributed by atoms with Crippen LogP contribution in [0, 0.1) is 5.41 Å². The lowest BCUT2D eigenvalue weighted by Crippen LogP contribution is -2.29. The summed E-state index contributed by atoms with van der Waals surface area (Å²) in [7, 11) is 0. The molecule has 0 spiro atoms. The van der Waals surface area contributed by atoms with E-state index in [4.69, 9.17) is 15.9 Å². The minimum atomic E-state index is -0.0281. The quantitative estimate of drug-likeness (QED) is 0.594. The Morgan fingerprint density at radius 1 is 1.00 bits per heavy atom. The van der Waals surface area contributed by atoms with Gasteiger partial charge in [-0.25, -0.2) is 0 Å².